The number of nitrogens with two attached hydrogens (primary N) is 1. The van der Waals surface area contributed by atoms with Crippen LogP contribution in [0.25, 0.3) is 0 Å². The standard InChI is InChI=1S/C10H22N2O3/c1-8(6-11)9(2)12-10(13)7-15-5-4-14-3/h8-9H,4-7,11H2,1-3H3,(H,12,13). The predicted octanol–water partition coefficient (Wildman–Crippen LogP) is -0.251. The number of amides is 1. The molecule has 0 heterocycles. The molecule has 0 aromatic rings. The van der Waals surface area contributed by atoms with E-state index in [1.165, 1.54) is 0 Å². The number of carbonyl (C=O) groups is 1. The first-order valence-electron chi connectivity index (χ1n) is 5.18. The van der Waals surface area contributed by atoms with Gasteiger partial charge in [0.05, 0.1) is 13.2 Å². The molecular weight excluding hydrogens is 196 g/mol. The molecule has 5 heteroatoms. The molecule has 0 aliphatic carbocycles. The Morgan fingerprint density at radius 1 is 1.40 bits per heavy atom. The van der Waals surface area contributed by atoms with Gasteiger partial charge in [-0.05, 0) is 19.4 Å². The van der Waals surface area contributed by atoms with Crippen molar-refractivity contribution in [2.75, 3.05) is 33.5 Å². The van der Waals surface area contributed by atoms with Crippen LogP contribution in [0.4, 0.5) is 0 Å². The molecule has 0 saturated carbocycles. The van der Waals surface area contributed by atoms with E-state index in [1.807, 2.05) is 13.8 Å². The number of nitrogens with one attached hydrogen (secondary N) is 1. The van der Waals surface area contributed by atoms with Crippen molar-refractivity contribution in [2.45, 2.75) is 19.9 Å². The molecule has 0 bridgehead atoms. The van der Waals surface area contributed by atoms with Gasteiger partial charge < -0.3 is 20.5 Å². The maximum atomic E-state index is 11.3. The van der Waals surface area contributed by atoms with E-state index in [0.717, 1.165) is 0 Å². The van der Waals surface area contributed by atoms with E-state index in [9.17, 15) is 4.79 Å². The van der Waals surface area contributed by atoms with Crippen molar-refractivity contribution in [1.29, 1.82) is 0 Å². The zero-order valence-electron chi connectivity index (χ0n) is 9.79. The molecule has 0 aliphatic rings. The monoisotopic (exact) mass is 218 g/mol. The second-order valence-corrected chi connectivity index (χ2v) is 3.61. The van der Waals surface area contributed by atoms with Crippen molar-refractivity contribution in [3.63, 3.8) is 0 Å². The van der Waals surface area contributed by atoms with Crippen molar-refractivity contribution in [3.8, 4) is 0 Å². The molecule has 1 amide bonds. The molecule has 90 valence electrons. The largest absolute Gasteiger partial charge is 0.382 e. The molecule has 0 aliphatic heterocycles. The SMILES string of the molecule is COCCOCC(=O)NC(C)C(C)CN. The van der Waals surface area contributed by atoms with E-state index in [1.54, 1.807) is 7.11 Å². The summed E-state index contributed by atoms with van der Waals surface area (Å²) in [7, 11) is 1.59. The number of methoxy groups -OCH3 is 1. The first-order valence-corrected chi connectivity index (χ1v) is 5.18. The van der Waals surface area contributed by atoms with Gasteiger partial charge in [-0.15, -0.1) is 0 Å². The average molecular weight is 218 g/mol. The zero-order chi connectivity index (χ0) is 11.7. The Balaban J connectivity index is 3.55. The van der Waals surface area contributed by atoms with Gasteiger partial charge in [-0.25, -0.2) is 0 Å². The van der Waals surface area contributed by atoms with Crippen molar-refractivity contribution in [3.05, 3.63) is 0 Å². The fraction of sp³-hybridized carbons (Fsp3) is 0.900. The van der Waals surface area contributed by atoms with Crippen molar-refractivity contribution < 1.29 is 14.3 Å². The number of hydrogen-bond acceptors (Lipinski definition) is 4. The van der Waals surface area contributed by atoms with Crippen LogP contribution in [0.15, 0.2) is 0 Å². The zero-order valence-corrected chi connectivity index (χ0v) is 9.79. The Kier molecular flexibility index (Phi) is 8.27. The van der Waals surface area contributed by atoms with Crippen LogP contribution in [0.3, 0.4) is 0 Å². The third-order valence-electron chi connectivity index (χ3n) is 2.28. The minimum atomic E-state index is -0.112. The van der Waals surface area contributed by atoms with Gasteiger partial charge in [-0.3, -0.25) is 4.79 Å². The third-order valence-corrected chi connectivity index (χ3v) is 2.28. The maximum Gasteiger partial charge on any atom is 0.246 e. The highest BCUT2D eigenvalue weighted by Gasteiger charge is 2.12. The highest BCUT2D eigenvalue weighted by Crippen LogP contribution is 1.98. The van der Waals surface area contributed by atoms with Gasteiger partial charge in [0, 0.05) is 13.2 Å². The fourth-order valence-corrected chi connectivity index (χ4v) is 0.949. The molecule has 5 nitrogen and oxygen atoms in total. The van der Waals surface area contributed by atoms with E-state index in [-0.39, 0.29) is 24.5 Å². The van der Waals surface area contributed by atoms with Crippen LogP contribution >= 0.6 is 0 Å². The van der Waals surface area contributed by atoms with Crippen LogP contribution in [0.5, 0.6) is 0 Å². The van der Waals surface area contributed by atoms with Gasteiger partial charge in [0.1, 0.15) is 6.61 Å². The number of ether oxygens (including phenoxy) is 2. The highest BCUT2D eigenvalue weighted by molar-refractivity contribution is 5.77. The molecule has 0 aromatic heterocycles. The van der Waals surface area contributed by atoms with Gasteiger partial charge in [-0.1, -0.05) is 6.92 Å². The minimum Gasteiger partial charge on any atom is -0.382 e. The molecule has 2 unspecified atom stereocenters. The lowest BCUT2D eigenvalue weighted by Gasteiger charge is -2.19. The molecule has 0 fully saturated rings. The lowest BCUT2D eigenvalue weighted by atomic mass is 10.0. The Morgan fingerprint density at radius 2 is 2.07 bits per heavy atom. The molecule has 3 N–H and O–H groups in total. The van der Waals surface area contributed by atoms with Crippen LogP contribution in [-0.2, 0) is 14.3 Å². The topological polar surface area (TPSA) is 73.6 Å². The normalized spacial score (nSPS) is 14.7. The summed E-state index contributed by atoms with van der Waals surface area (Å²) >= 11 is 0. The van der Waals surface area contributed by atoms with Gasteiger partial charge in [0.2, 0.25) is 5.91 Å². The maximum absolute atomic E-state index is 11.3. The summed E-state index contributed by atoms with van der Waals surface area (Å²) in [6, 6.07) is 0.0773. The van der Waals surface area contributed by atoms with Crippen molar-refractivity contribution in [2.24, 2.45) is 11.7 Å². The van der Waals surface area contributed by atoms with E-state index in [2.05, 4.69) is 5.32 Å². The van der Waals surface area contributed by atoms with E-state index >= 15 is 0 Å². The van der Waals surface area contributed by atoms with Crippen LogP contribution in [0.1, 0.15) is 13.8 Å². The van der Waals surface area contributed by atoms with Gasteiger partial charge in [0.15, 0.2) is 0 Å². The third kappa shape index (κ3) is 7.30. The van der Waals surface area contributed by atoms with Gasteiger partial charge >= 0.3 is 0 Å². The molecular formula is C10H22N2O3. The minimum absolute atomic E-state index is 0.0744. The quantitative estimate of drug-likeness (QED) is 0.551. The van der Waals surface area contributed by atoms with E-state index in [0.29, 0.717) is 19.8 Å². The average Bonchev–Trinajstić information content (AvgIpc) is 2.23. The van der Waals surface area contributed by atoms with Crippen molar-refractivity contribution >= 4 is 5.91 Å². The molecule has 2 atom stereocenters. The summed E-state index contributed by atoms with van der Waals surface area (Å²) in [5.74, 6) is 0.159. The fourth-order valence-electron chi connectivity index (χ4n) is 0.949. The second kappa shape index (κ2) is 8.64. The predicted molar refractivity (Wildman–Crippen MR) is 58.5 cm³/mol. The number of rotatable bonds is 8. The summed E-state index contributed by atoms with van der Waals surface area (Å²) in [6.07, 6.45) is 0. The summed E-state index contributed by atoms with van der Waals surface area (Å²) in [5, 5.41) is 2.82. The molecule has 15 heavy (non-hydrogen) atoms. The van der Waals surface area contributed by atoms with Crippen LogP contribution in [0.2, 0.25) is 0 Å². The number of hydrogen-bond donors (Lipinski definition) is 2. The molecule has 0 aromatic carbocycles. The smallest absolute Gasteiger partial charge is 0.246 e. The molecule has 0 spiro atoms. The Morgan fingerprint density at radius 3 is 2.60 bits per heavy atom. The molecule has 0 radical (unpaired) electrons. The van der Waals surface area contributed by atoms with Crippen LogP contribution in [0, 0.1) is 5.92 Å². The lowest BCUT2D eigenvalue weighted by molar-refractivity contribution is -0.127. The van der Waals surface area contributed by atoms with E-state index in [4.69, 9.17) is 15.2 Å². The van der Waals surface area contributed by atoms with E-state index < -0.39 is 0 Å². The summed E-state index contributed by atoms with van der Waals surface area (Å²) in [6.45, 7) is 5.51. The summed E-state index contributed by atoms with van der Waals surface area (Å²) in [5.41, 5.74) is 5.49. The molecule has 0 saturated heterocycles. The lowest BCUT2D eigenvalue weighted by Crippen LogP contribution is -2.41. The summed E-state index contributed by atoms with van der Waals surface area (Å²) < 4.78 is 9.87. The van der Waals surface area contributed by atoms with Gasteiger partial charge in [0.25, 0.3) is 0 Å². The van der Waals surface area contributed by atoms with Crippen LogP contribution < -0.4 is 11.1 Å². The Hall–Kier alpha value is -0.650. The van der Waals surface area contributed by atoms with Crippen LogP contribution in [-0.4, -0.2) is 45.4 Å². The Labute approximate surface area is 91.3 Å². The first-order chi connectivity index (χ1) is 7.11. The first kappa shape index (κ1) is 14.3. The summed E-state index contributed by atoms with van der Waals surface area (Å²) in [4.78, 5) is 11.3. The van der Waals surface area contributed by atoms with Gasteiger partial charge in [-0.2, -0.15) is 0 Å². The Bertz CT molecular complexity index is 176. The number of carbonyl (C=O) groups excluding carboxylic acids is 1. The second-order valence-electron chi connectivity index (χ2n) is 3.61. The van der Waals surface area contributed by atoms with Crippen molar-refractivity contribution in [1.82, 2.24) is 5.32 Å². The highest BCUT2D eigenvalue weighted by atomic mass is 16.5. The molecule has 0 rings (SSSR count).